The number of amides is 1. The average molecular weight is 420 g/mol. The number of anilines is 2. The first-order chi connectivity index (χ1) is 15.0. The molecular weight excluding hydrogens is 396 g/mol. The van der Waals surface area contributed by atoms with Gasteiger partial charge in [0.2, 0.25) is 5.91 Å². The monoisotopic (exact) mass is 420 g/mol. The molecule has 1 aliphatic heterocycles. The number of Topliss-reactive ketones (excluding diaryl/α,β-unsaturated/α-hetero) is 1. The molecule has 1 amide bonds. The van der Waals surface area contributed by atoms with Crippen LogP contribution in [0.4, 0.5) is 11.5 Å². The fourth-order valence-electron chi connectivity index (χ4n) is 4.12. The number of rotatable bonds is 6. The van der Waals surface area contributed by atoms with Gasteiger partial charge in [0.25, 0.3) is 0 Å². The molecule has 0 saturated carbocycles. The van der Waals surface area contributed by atoms with Gasteiger partial charge in [-0.3, -0.25) is 14.3 Å². The third-order valence-corrected chi connectivity index (χ3v) is 5.65. The van der Waals surface area contributed by atoms with E-state index in [2.05, 4.69) is 31.4 Å². The summed E-state index contributed by atoms with van der Waals surface area (Å²) in [7, 11) is 0. The molecule has 0 bridgehead atoms. The number of carbonyl (C=O) groups is 2. The van der Waals surface area contributed by atoms with Crippen LogP contribution < -0.4 is 5.32 Å². The van der Waals surface area contributed by atoms with E-state index in [1.807, 2.05) is 12.3 Å². The molecule has 0 spiro atoms. The first-order valence-corrected chi connectivity index (χ1v) is 10.3. The van der Waals surface area contributed by atoms with Crippen LogP contribution in [0.25, 0.3) is 11.0 Å². The second-order valence-corrected chi connectivity index (χ2v) is 7.97. The van der Waals surface area contributed by atoms with Crippen LogP contribution in [0.3, 0.4) is 0 Å². The maximum absolute atomic E-state index is 12.6. The molecular formula is C21H24N8O2. The van der Waals surface area contributed by atoms with Crippen LogP contribution >= 0.6 is 0 Å². The van der Waals surface area contributed by atoms with Crippen molar-refractivity contribution < 1.29 is 9.59 Å². The number of hydrogen-bond acceptors (Lipinski definition) is 7. The van der Waals surface area contributed by atoms with E-state index in [0.29, 0.717) is 18.9 Å². The normalized spacial score (nSPS) is 19.0. The topological polar surface area (TPSA) is 133 Å². The van der Waals surface area contributed by atoms with Crippen LogP contribution in [-0.2, 0) is 15.1 Å². The fourth-order valence-corrected chi connectivity index (χ4v) is 4.12. The van der Waals surface area contributed by atoms with Crippen LogP contribution in [-0.4, -0.2) is 54.4 Å². The van der Waals surface area contributed by atoms with Gasteiger partial charge in [-0.1, -0.05) is 0 Å². The quantitative estimate of drug-likeness (QED) is 0.585. The predicted octanol–water partition coefficient (Wildman–Crippen LogP) is 2.50. The number of aromatic nitrogens is 5. The van der Waals surface area contributed by atoms with E-state index >= 15 is 0 Å². The van der Waals surface area contributed by atoms with Gasteiger partial charge in [0.05, 0.1) is 41.7 Å². The zero-order valence-corrected chi connectivity index (χ0v) is 17.3. The molecule has 1 aliphatic rings. The number of nitrogens with one attached hydrogen (secondary N) is 2. The van der Waals surface area contributed by atoms with Crippen molar-refractivity contribution in [2.24, 2.45) is 0 Å². The molecule has 4 heterocycles. The van der Waals surface area contributed by atoms with E-state index in [0.717, 1.165) is 36.0 Å². The average Bonchev–Trinajstić information content (AvgIpc) is 3.35. The number of ketones is 1. The SMILES string of the molecule is CC(=O)CC(=O)N1CCCCC(CC#N)(n2cc(Nc3ncnc4[nH]ccc34)cn2)C1. The number of nitrogens with zero attached hydrogens (tertiary/aromatic N) is 6. The second kappa shape index (κ2) is 8.55. The molecule has 31 heavy (non-hydrogen) atoms. The molecule has 3 aromatic heterocycles. The molecule has 2 N–H and O–H groups in total. The number of fused-ring (bicyclic) bond motifs is 1. The number of carbonyl (C=O) groups excluding carboxylic acids is 2. The molecule has 10 nitrogen and oxygen atoms in total. The zero-order chi connectivity index (χ0) is 21.8. The van der Waals surface area contributed by atoms with E-state index in [1.165, 1.54) is 13.3 Å². The Labute approximate surface area is 179 Å². The molecule has 3 aromatic rings. The van der Waals surface area contributed by atoms with E-state index in [1.54, 1.807) is 22.0 Å². The Bertz CT molecular complexity index is 1140. The maximum atomic E-state index is 12.6. The molecule has 1 fully saturated rings. The minimum Gasteiger partial charge on any atom is -0.346 e. The molecule has 1 unspecified atom stereocenters. The summed E-state index contributed by atoms with van der Waals surface area (Å²) in [6.45, 7) is 2.35. The molecule has 1 atom stereocenters. The van der Waals surface area contributed by atoms with Gasteiger partial charge in [0.1, 0.15) is 23.6 Å². The Balaban J connectivity index is 1.61. The highest BCUT2D eigenvalue weighted by atomic mass is 16.2. The van der Waals surface area contributed by atoms with E-state index in [-0.39, 0.29) is 24.5 Å². The lowest BCUT2D eigenvalue weighted by atomic mass is 9.90. The highest BCUT2D eigenvalue weighted by Gasteiger charge is 2.38. The van der Waals surface area contributed by atoms with Crippen LogP contribution in [0, 0.1) is 11.3 Å². The summed E-state index contributed by atoms with van der Waals surface area (Å²) < 4.78 is 1.79. The summed E-state index contributed by atoms with van der Waals surface area (Å²) in [6, 6.07) is 4.17. The van der Waals surface area contributed by atoms with Crippen molar-refractivity contribution in [3.8, 4) is 6.07 Å². The van der Waals surface area contributed by atoms with Gasteiger partial charge < -0.3 is 15.2 Å². The Morgan fingerprint density at radius 2 is 2.23 bits per heavy atom. The lowest BCUT2D eigenvalue weighted by molar-refractivity contribution is -0.135. The molecule has 0 radical (unpaired) electrons. The van der Waals surface area contributed by atoms with Gasteiger partial charge in [-0.05, 0) is 32.3 Å². The van der Waals surface area contributed by atoms with Crippen LogP contribution in [0.5, 0.6) is 0 Å². The molecule has 0 aliphatic carbocycles. The van der Waals surface area contributed by atoms with Crippen molar-refractivity contribution in [2.45, 2.75) is 44.6 Å². The van der Waals surface area contributed by atoms with Crippen molar-refractivity contribution in [1.82, 2.24) is 29.6 Å². The van der Waals surface area contributed by atoms with Gasteiger partial charge in [-0.25, -0.2) is 9.97 Å². The van der Waals surface area contributed by atoms with Crippen LogP contribution in [0.2, 0.25) is 0 Å². The van der Waals surface area contributed by atoms with Crippen LogP contribution in [0.15, 0.2) is 31.0 Å². The number of H-pyrrole nitrogens is 1. The highest BCUT2D eigenvalue weighted by Crippen LogP contribution is 2.33. The Morgan fingerprint density at radius 3 is 3.03 bits per heavy atom. The lowest BCUT2D eigenvalue weighted by Crippen LogP contribution is -2.46. The zero-order valence-electron chi connectivity index (χ0n) is 17.3. The molecule has 160 valence electrons. The van der Waals surface area contributed by atoms with E-state index in [9.17, 15) is 14.9 Å². The summed E-state index contributed by atoms with van der Waals surface area (Å²) in [5.41, 5.74) is 0.811. The van der Waals surface area contributed by atoms with Crippen molar-refractivity contribution in [2.75, 3.05) is 18.4 Å². The number of nitriles is 1. The minimum atomic E-state index is -0.646. The standard InChI is InChI=1S/C21H24N8O2/c1-15(30)10-18(31)28-9-3-2-5-21(13-28,6-7-22)29-12-16(11-26-29)27-20-17-4-8-23-19(17)24-14-25-20/h4,8,11-12,14H,2-3,5-6,9-10,13H2,1H3,(H2,23,24,25,27). The molecule has 10 heteroatoms. The smallest absolute Gasteiger partial charge is 0.230 e. The molecule has 1 saturated heterocycles. The highest BCUT2D eigenvalue weighted by molar-refractivity contribution is 5.96. The summed E-state index contributed by atoms with van der Waals surface area (Å²) in [6.07, 6.45) is 9.33. The maximum Gasteiger partial charge on any atom is 0.230 e. The van der Waals surface area contributed by atoms with Gasteiger partial charge >= 0.3 is 0 Å². The molecule has 0 aromatic carbocycles. The van der Waals surface area contributed by atoms with Crippen molar-refractivity contribution in [1.29, 1.82) is 5.26 Å². The van der Waals surface area contributed by atoms with Gasteiger partial charge in [0, 0.05) is 25.5 Å². The number of likely N-dealkylation sites (tertiary alicyclic amines) is 1. The minimum absolute atomic E-state index is 0.116. The fraction of sp³-hybridized carbons (Fsp3) is 0.429. The number of aromatic amines is 1. The first kappa shape index (κ1) is 20.5. The Hall–Kier alpha value is -3.74. The summed E-state index contributed by atoms with van der Waals surface area (Å²) in [4.78, 5) is 37.3. The Morgan fingerprint density at radius 1 is 1.35 bits per heavy atom. The Kier molecular flexibility index (Phi) is 5.66. The predicted molar refractivity (Wildman–Crippen MR) is 113 cm³/mol. The summed E-state index contributed by atoms with van der Waals surface area (Å²) >= 11 is 0. The van der Waals surface area contributed by atoms with Crippen molar-refractivity contribution >= 4 is 34.2 Å². The number of hydrogen-bond donors (Lipinski definition) is 2. The second-order valence-electron chi connectivity index (χ2n) is 7.97. The summed E-state index contributed by atoms with van der Waals surface area (Å²) in [5.74, 6) is 0.295. The van der Waals surface area contributed by atoms with E-state index < -0.39 is 5.54 Å². The van der Waals surface area contributed by atoms with E-state index in [4.69, 9.17) is 0 Å². The largest absolute Gasteiger partial charge is 0.346 e. The third-order valence-electron chi connectivity index (χ3n) is 5.65. The summed E-state index contributed by atoms with van der Waals surface area (Å²) in [5, 5.41) is 18.2. The third kappa shape index (κ3) is 4.26. The lowest BCUT2D eigenvalue weighted by Gasteiger charge is -2.35. The van der Waals surface area contributed by atoms with Crippen LogP contribution in [0.1, 0.15) is 39.0 Å². The molecule has 4 rings (SSSR count). The van der Waals surface area contributed by atoms with Crippen molar-refractivity contribution in [3.63, 3.8) is 0 Å². The van der Waals surface area contributed by atoms with Gasteiger partial charge in [0.15, 0.2) is 0 Å². The van der Waals surface area contributed by atoms with Gasteiger partial charge in [-0.2, -0.15) is 10.4 Å². The van der Waals surface area contributed by atoms with Crippen molar-refractivity contribution in [3.05, 3.63) is 31.0 Å². The van der Waals surface area contributed by atoms with Gasteiger partial charge in [-0.15, -0.1) is 0 Å². The first-order valence-electron chi connectivity index (χ1n) is 10.3.